The molecule has 0 atom stereocenters. The molecule has 0 spiro atoms. The fourth-order valence-corrected chi connectivity index (χ4v) is 1.89. The first-order valence-corrected chi connectivity index (χ1v) is 6.34. The van der Waals surface area contributed by atoms with Gasteiger partial charge in [0.2, 0.25) is 0 Å². The van der Waals surface area contributed by atoms with Gasteiger partial charge in [-0.05, 0) is 45.4 Å². The zero-order chi connectivity index (χ0) is 14.9. The van der Waals surface area contributed by atoms with Crippen molar-refractivity contribution in [1.29, 1.82) is 0 Å². The van der Waals surface area contributed by atoms with Crippen LogP contribution in [0.15, 0.2) is 35.4 Å². The number of nitrogens with zero attached hydrogens (tertiary/aromatic N) is 2. The molecular weight excluding hydrogens is 256 g/mol. The van der Waals surface area contributed by atoms with E-state index in [-0.39, 0.29) is 22.7 Å². The van der Waals surface area contributed by atoms with Crippen LogP contribution < -0.4 is 10.3 Å². The van der Waals surface area contributed by atoms with Crippen LogP contribution in [-0.4, -0.2) is 14.7 Å². The van der Waals surface area contributed by atoms with E-state index >= 15 is 0 Å². The second kappa shape index (κ2) is 5.00. The summed E-state index contributed by atoms with van der Waals surface area (Å²) in [4.78, 5) is 16.3. The second-order valence-electron chi connectivity index (χ2n) is 5.68. The molecule has 1 aromatic carbocycles. The minimum Gasteiger partial charge on any atom is -0.508 e. The Hall–Kier alpha value is -2.30. The number of phenols is 1. The molecule has 0 fully saturated rings. The van der Waals surface area contributed by atoms with Gasteiger partial charge in [-0.2, -0.15) is 0 Å². The molecule has 0 saturated carbocycles. The Kier molecular flexibility index (Phi) is 3.53. The molecule has 5 nitrogen and oxygen atoms in total. The summed E-state index contributed by atoms with van der Waals surface area (Å²) in [6.45, 7) is 7.61. The Bertz CT molecular complexity index is 664. The largest absolute Gasteiger partial charge is 0.508 e. The molecule has 5 heteroatoms. The monoisotopic (exact) mass is 274 g/mol. The van der Waals surface area contributed by atoms with E-state index in [9.17, 15) is 9.90 Å². The third-order valence-electron chi connectivity index (χ3n) is 2.78. The summed E-state index contributed by atoms with van der Waals surface area (Å²) >= 11 is 0. The molecule has 20 heavy (non-hydrogen) atoms. The first-order valence-electron chi connectivity index (χ1n) is 6.34. The lowest BCUT2D eigenvalue weighted by atomic mass is 10.1. The Labute approximate surface area is 117 Å². The molecule has 0 unspecified atom stereocenters. The minimum absolute atomic E-state index is 0.00701. The van der Waals surface area contributed by atoms with E-state index in [0.717, 1.165) is 5.56 Å². The van der Waals surface area contributed by atoms with Gasteiger partial charge in [0.25, 0.3) is 5.88 Å². The molecule has 2 rings (SSSR count). The van der Waals surface area contributed by atoms with Gasteiger partial charge >= 0.3 is 5.56 Å². The molecule has 2 aromatic rings. The van der Waals surface area contributed by atoms with Gasteiger partial charge in [0.1, 0.15) is 11.5 Å². The van der Waals surface area contributed by atoms with Gasteiger partial charge < -0.3 is 14.4 Å². The van der Waals surface area contributed by atoms with Crippen molar-refractivity contribution in [2.24, 2.45) is 0 Å². The average Bonchev–Trinajstić information content (AvgIpc) is 2.29. The number of ether oxygens (including phenoxy) is 1. The Balaban J connectivity index is 2.42. The van der Waals surface area contributed by atoms with E-state index in [4.69, 9.17) is 4.74 Å². The van der Waals surface area contributed by atoms with Crippen LogP contribution in [0.25, 0.3) is 0 Å². The second-order valence-corrected chi connectivity index (χ2v) is 5.68. The maximum atomic E-state index is 12.3. The first-order chi connectivity index (χ1) is 9.27. The van der Waals surface area contributed by atoms with E-state index in [1.807, 2.05) is 27.7 Å². The smallest absolute Gasteiger partial charge is 0.314 e. The van der Waals surface area contributed by atoms with Crippen LogP contribution in [0, 0.1) is 6.92 Å². The molecule has 106 valence electrons. The normalized spacial score (nSPS) is 11.4. The fourth-order valence-electron chi connectivity index (χ4n) is 1.89. The van der Waals surface area contributed by atoms with Gasteiger partial charge in [-0.1, -0.05) is 0 Å². The number of benzene rings is 1. The molecule has 0 bridgehead atoms. The molecular formula is C15H18N2O3. The van der Waals surface area contributed by atoms with Crippen LogP contribution in [0.4, 0.5) is 0 Å². The lowest BCUT2D eigenvalue weighted by Gasteiger charge is -2.22. The quantitative estimate of drug-likeness (QED) is 0.914. The summed E-state index contributed by atoms with van der Waals surface area (Å²) < 4.78 is 7.06. The Morgan fingerprint density at radius 2 is 1.95 bits per heavy atom. The Morgan fingerprint density at radius 1 is 1.25 bits per heavy atom. The van der Waals surface area contributed by atoms with Crippen molar-refractivity contribution >= 4 is 0 Å². The first kappa shape index (κ1) is 14.1. The fraction of sp³-hybridized carbons (Fsp3) is 0.333. The van der Waals surface area contributed by atoms with Gasteiger partial charge in [0, 0.05) is 24.0 Å². The lowest BCUT2D eigenvalue weighted by molar-refractivity contribution is 0.362. The molecule has 0 radical (unpaired) electrons. The highest BCUT2D eigenvalue weighted by atomic mass is 16.5. The molecule has 0 amide bonds. The number of phenolic OH excluding ortho intramolecular Hbond substituents is 1. The minimum atomic E-state index is -0.354. The van der Waals surface area contributed by atoms with Crippen LogP contribution in [0.1, 0.15) is 26.3 Å². The number of aryl methyl sites for hydroxylation is 1. The molecule has 0 saturated heterocycles. The standard InChI is InChI=1S/C15H18N2O3/c1-10-7-11(18)9-12(8-10)20-13-14(19)17(6-5-16-13)15(2,3)4/h5-9,18H,1-4H3. The Morgan fingerprint density at radius 3 is 2.55 bits per heavy atom. The van der Waals surface area contributed by atoms with Crippen molar-refractivity contribution in [2.45, 2.75) is 33.2 Å². The van der Waals surface area contributed by atoms with E-state index in [1.165, 1.54) is 12.3 Å². The molecule has 0 aliphatic rings. The predicted molar refractivity (Wildman–Crippen MR) is 76.4 cm³/mol. The van der Waals surface area contributed by atoms with Crippen molar-refractivity contribution in [3.63, 3.8) is 0 Å². The van der Waals surface area contributed by atoms with Crippen LogP contribution >= 0.6 is 0 Å². The summed E-state index contributed by atoms with van der Waals surface area (Å²) in [6.07, 6.45) is 3.15. The molecule has 0 aliphatic heterocycles. The zero-order valence-electron chi connectivity index (χ0n) is 12.0. The van der Waals surface area contributed by atoms with Crippen LogP contribution in [-0.2, 0) is 5.54 Å². The van der Waals surface area contributed by atoms with E-state index in [2.05, 4.69) is 4.98 Å². The van der Waals surface area contributed by atoms with Crippen molar-refractivity contribution in [1.82, 2.24) is 9.55 Å². The van der Waals surface area contributed by atoms with Gasteiger partial charge in [-0.15, -0.1) is 0 Å². The number of rotatable bonds is 2. The van der Waals surface area contributed by atoms with Crippen LogP contribution in [0.2, 0.25) is 0 Å². The van der Waals surface area contributed by atoms with Crippen LogP contribution in [0.3, 0.4) is 0 Å². The number of hydrogen-bond acceptors (Lipinski definition) is 4. The molecule has 1 N–H and O–H groups in total. The van der Waals surface area contributed by atoms with Gasteiger partial charge in [-0.3, -0.25) is 4.79 Å². The summed E-state index contributed by atoms with van der Waals surface area (Å²) in [7, 11) is 0. The zero-order valence-corrected chi connectivity index (χ0v) is 12.0. The summed E-state index contributed by atoms with van der Waals surface area (Å²) in [5, 5.41) is 9.54. The van der Waals surface area contributed by atoms with Crippen molar-refractivity contribution < 1.29 is 9.84 Å². The molecule has 0 aliphatic carbocycles. The number of aromatic hydroxyl groups is 1. The highest BCUT2D eigenvalue weighted by Crippen LogP contribution is 2.24. The van der Waals surface area contributed by atoms with Gasteiger partial charge in [-0.25, -0.2) is 4.98 Å². The third kappa shape index (κ3) is 2.99. The van der Waals surface area contributed by atoms with Crippen molar-refractivity contribution in [2.75, 3.05) is 0 Å². The maximum absolute atomic E-state index is 12.3. The SMILES string of the molecule is Cc1cc(O)cc(Oc2nccn(C(C)(C)C)c2=O)c1. The van der Waals surface area contributed by atoms with Crippen LogP contribution in [0.5, 0.6) is 17.4 Å². The number of hydrogen-bond donors (Lipinski definition) is 1. The van der Waals surface area contributed by atoms with E-state index in [1.54, 1.807) is 22.9 Å². The van der Waals surface area contributed by atoms with Gasteiger partial charge in [0.15, 0.2) is 0 Å². The predicted octanol–water partition coefficient (Wildman–Crippen LogP) is 2.80. The maximum Gasteiger partial charge on any atom is 0.314 e. The molecule has 1 heterocycles. The summed E-state index contributed by atoms with van der Waals surface area (Å²) in [5.74, 6) is 0.471. The topological polar surface area (TPSA) is 64.3 Å². The summed E-state index contributed by atoms with van der Waals surface area (Å²) in [6, 6.07) is 4.79. The third-order valence-corrected chi connectivity index (χ3v) is 2.78. The highest BCUT2D eigenvalue weighted by molar-refractivity contribution is 5.38. The highest BCUT2D eigenvalue weighted by Gasteiger charge is 2.17. The number of aromatic nitrogens is 2. The van der Waals surface area contributed by atoms with Crippen molar-refractivity contribution in [3.05, 3.63) is 46.5 Å². The average molecular weight is 274 g/mol. The summed E-state index contributed by atoms with van der Waals surface area (Å²) in [5.41, 5.74) is 0.181. The van der Waals surface area contributed by atoms with Crippen molar-refractivity contribution in [3.8, 4) is 17.4 Å². The van der Waals surface area contributed by atoms with Gasteiger partial charge in [0.05, 0.1) is 0 Å². The molecule has 1 aromatic heterocycles. The van der Waals surface area contributed by atoms with E-state index < -0.39 is 0 Å². The lowest BCUT2D eigenvalue weighted by Crippen LogP contribution is -2.34. The van der Waals surface area contributed by atoms with E-state index in [0.29, 0.717) is 5.75 Å².